The first-order valence-electron chi connectivity index (χ1n) is 15.1. The van der Waals surface area contributed by atoms with Gasteiger partial charge >= 0.3 is 5.97 Å². The minimum Gasteiger partial charge on any atom is -0.493 e. The van der Waals surface area contributed by atoms with E-state index in [0.29, 0.717) is 19.0 Å². The molecular formula is C33H48F2O4. The second-order valence-corrected chi connectivity index (χ2v) is 10.4. The molecule has 0 fully saturated rings. The lowest BCUT2D eigenvalue weighted by Crippen LogP contribution is -2.04. The van der Waals surface area contributed by atoms with E-state index in [4.69, 9.17) is 9.47 Å². The largest absolute Gasteiger partial charge is 0.493 e. The maximum absolute atomic E-state index is 15.2. The normalized spacial score (nSPS) is 11.1. The molecular weight excluding hydrogens is 498 g/mol. The molecule has 0 saturated carbocycles. The zero-order chi connectivity index (χ0) is 28.3. The van der Waals surface area contributed by atoms with E-state index in [1.807, 2.05) is 0 Å². The Balaban J connectivity index is 1.95. The maximum Gasteiger partial charge on any atom is 0.335 e. The Kier molecular flexibility index (Phi) is 16.2. The van der Waals surface area contributed by atoms with E-state index in [1.165, 1.54) is 94.5 Å². The Hall–Kier alpha value is -2.63. The van der Waals surface area contributed by atoms with E-state index in [1.54, 1.807) is 0 Å². The summed E-state index contributed by atoms with van der Waals surface area (Å²) < 4.78 is 41.6. The SMILES string of the molecule is CCCCCCCCCCOc1ccc(C(=O)O)cc1-c1ccc(OCCCCCCCCCC)c(F)c1F. The molecule has 0 bridgehead atoms. The number of hydrogen-bond donors (Lipinski definition) is 1. The van der Waals surface area contributed by atoms with Gasteiger partial charge in [0.05, 0.1) is 18.8 Å². The fourth-order valence-electron chi connectivity index (χ4n) is 4.69. The highest BCUT2D eigenvalue weighted by Gasteiger charge is 2.20. The summed E-state index contributed by atoms with van der Waals surface area (Å²) in [5, 5.41) is 9.45. The first kappa shape index (κ1) is 32.6. The third kappa shape index (κ3) is 12.0. The van der Waals surface area contributed by atoms with E-state index in [-0.39, 0.29) is 22.4 Å². The average molecular weight is 547 g/mol. The Morgan fingerprint density at radius 2 is 1.08 bits per heavy atom. The lowest BCUT2D eigenvalue weighted by molar-refractivity contribution is 0.0697. The number of carboxylic acid groups (broad SMARTS) is 1. The van der Waals surface area contributed by atoms with Crippen molar-refractivity contribution in [2.45, 2.75) is 117 Å². The van der Waals surface area contributed by atoms with Crippen LogP contribution in [0.3, 0.4) is 0 Å². The molecule has 1 N–H and O–H groups in total. The number of unbranched alkanes of at least 4 members (excludes halogenated alkanes) is 14. The zero-order valence-corrected chi connectivity index (χ0v) is 24.0. The molecule has 2 aromatic rings. The molecule has 218 valence electrons. The maximum atomic E-state index is 15.2. The van der Waals surface area contributed by atoms with Crippen molar-refractivity contribution in [1.82, 2.24) is 0 Å². The van der Waals surface area contributed by atoms with Crippen LogP contribution < -0.4 is 9.47 Å². The second-order valence-electron chi connectivity index (χ2n) is 10.4. The van der Waals surface area contributed by atoms with Gasteiger partial charge in [-0.2, -0.15) is 4.39 Å². The van der Waals surface area contributed by atoms with Gasteiger partial charge in [-0.1, -0.05) is 104 Å². The lowest BCUT2D eigenvalue weighted by Gasteiger charge is -2.15. The first-order chi connectivity index (χ1) is 19.0. The monoisotopic (exact) mass is 546 g/mol. The van der Waals surface area contributed by atoms with Gasteiger partial charge in [0.15, 0.2) is 11.6 Å². The molecule has 0 spiro atoms. The highest BCUT2D eigenvalue weighted by atomic mass is 19.2. The summed E-state index contributed by atoms with van der Waals surface area (Å²) in [7, 11) is 0. The van der Waals surface area contributed by atoms with Crippen molar-refractivity contribution < 1.29 is 28.2 Å². The van der Waals surface area contributed by atoms with Gasteiger partial charge in [0, 0.05) is 11.1 Å². The van der Waals surface area contributed by atoms with Crippen molar-refractivity contribution in [1.29, 1.82) is 0 Å². The summed E-state index contributed by atoms with van der Waals surface area (Å²) in [5.41, 5.74) is 0.167. The summed E-state index contributed by atoms with van der Waals surface area (Å²) >= 11 is 0. The van der Waals surface area contributed by atoms with E-state index in [0.717, 1.165) is 38.5 Å². The van der Waals surface area contributed by atoms with Crippen LogP contribution in [0.2, 0.25) is 0 Å². The molecule has 0 aliphatic heterocycles. The molecule has 0 saturated heterocycles. The zero-order valence-electron chi connectivity index (χ0n) is 24.0. The van der Waals surface area contributed by atoms with E-state index < -0.39 is 17.6 Å². The fraction of sp³-hybridized carbons (Fsp3) is 0.606. The van der Waals surface area contributed by atoms with Crippen molar-refractivity contribution >= 4 is 5.97 Å². The first-order valence-corrected chi connectivity index (χ1v) is 15.1. The number of rotatable bonds is 22. The van der Waals surface area contributed by atoms with Gasteiger partial charge in [-0.25, -0.2) is 9.18 Å². The van der Waals surface area contributed by atoms with Crippen molar-refractivity contribution in [2.24, 2.45) is 0 Å². The summed E-state index contributed by atoms with van der Waals surface area (Å²) in [6, 6.07) is 7.13. The summed E-state index contributed by atoms with van der Waals surface area (Å²) in [5.74, 6) is -3.06. The number of carbonyl (C=O) groups is 1. The third-order valence-corrected chi connectivity index (χ3v) is 7.07. The van der Waals surface area contributed by atoms with Crippen LogP contribution in [0.15, 0.2) is 30.3 Å². The number of halogens is 2. The third-order valence-electron chi connectivity index (χ3n) is 7.07. The fourth-order valence-corrected chi connectivity index (χ4v) is 4.69. The number of carboxylic acids is 1. The highest BCUT2D eigenvalue weighted by Crippen LogP contribution is 2.36. The Morgan fingerprint density at radius 1 is 0.615 bits per heavy atom. The van der Waals surface area contributed by atoms with Crippen LogP contribution in [0.4, 0.5) is 8.78 Å². The van der Waals surface area contributed by atoms with Crippen LogP contribution in [0, 0.1) is 11.6 Å². The van der Waals surface area contributed by atoms with Crippen LogP contribution in [0.25, 0.3) is 11.1 Å². The predicted octanol–water partition coefficient (Wildman–Crippen LogP) is 10.4. The molecule has 39 heavy (non-hydrogen) atoms. The topological polar surface area (TPSA) is 55.8 Å². The molecule has 2 rings (SSSR count). The lowest BCUT2D eigenvalue weighted by atomic mass is 10.0. The van der Waals surface area contributed by atoms with Gasteiger partial charge in [0.1, 0.15) is 5.75 Å². The van der Waals surface area contributed by atoms with Gasteiger partial charge < -0.3 is 14.6 Å². The van der Waals surface area contributed by atoms with E-state index >= 15 is 4.39 Å². The van der Waals surface area contributed by atoms with Crippen molar-refractivity contribution in [3.05, 3.63) is 47.5 Å². The predicted molar refractivity (Wildman–Crippen MR) is 155 cm³/mol. The molecule has 0 heterocycles. The Bertz CT molecular complexity index is 976. The number of benzene rings is 2. The minimum absolute atomic E-state index is 0.0146. The van der Waals surface area contributed by atoms with Crippen molar-refractivity contribution in [3.8, 4) is 22.6 Å². The second kappa shape index (κ2) is 19.4. The van der Waals surface area contributed by atoms with Gasteiger partial charge in [-0.3, -0.25) is 0 Å². The van der Waals surface area contributed by atoms with Crippen molar-refractivity contribution in [2.75, 3.05) is 13.2 Å². The van der Waals surface area contributed by atoms with E-state index in [2.05, 4.69) is 13.8 Å². The van der Waals surface area contributed by atoms with Crippen LogP contribution in [0.5, 0.6) is 11.5 Å². The molecule has 0 unspecified atom stereocenters. The number of ether oxygens (including phenoxy) is 2. The molecule has 0 radical (unpaired) electrons. The van der Waals surface area contributed by atoms with Crippen LogP contribution >= 0.6 is 0 Å². The molecule has 4 nitrogen and oxygen atoms in total. The summed E-state index contributed by atoms with van der Waals surface area (Å²) in [6.07, 6.45) is 18.4. The van der Waals surface area contributed by atoms with E-state index in [9.17, 15) is 14.3 Å². The molecule has 6 heteroatoms. The highest BCUT2D eigenvalue weighted by molar-refractivity contribution is 5.90. The van der Waals surface area contributed by atoms with Crippen molar-refractivity contribution in [3.63, 3.8) is 0 Å². The quantitative estimate of drug-likeness (QED) is 0.149. The molecule has 0 aromatic heterocycles. The summed E-state index contributed by atoms with van der Waals surface area (Å²) in [4.78, 5) is 11.6. The standard InChI is InChI=1S/C33H48F2O4/c1-3-5-7-9-11-13-15-17-23-38-29-21-19-26(33(36)37)25-28(29)27-20-22-30(32(35)31(27)34)39-24-18-16-14-12-10-8-6-4-2/h19-22,25H,3-18,23-24H2,1-2H3,(H,36,37). The Labute approximate surface area is 234 Å². The summed E-state index contributed by atoms with van der Waals surface area (Å²) in [6.45, 7) is 5.16. The minimum atomic E-state index is -1.14. The molecule has 0 aliphatic rings. The van der Waals surface area contributed by atoms with Gasteiger partial charge in [-0.15, -0.1) is 0 Å². The average Bonchev–Trinajstić information content (AvgIpc) is 2.93. The van der Waals surface area contributed by atoms with Crippen LogP contribution in [0.1, 0.15) is 127 Å². The van der Waals surface area contributed by atoms with Gasteiger partial charge in [0.25, 0.3) is 0 Å². The van der Waals surface area contributed by atoms with Crippen LogP contribution in [-0.4, -0.2) is 24.3 Å². The molecule has 2 aromatic carbocycles. The number of aromatic carboxylic acids is 1. The molecule has 0 atom stereocenters. The Morgan fingerprint density at radius 3 is 1.59 bits per heavy atom. The smallest absolute Gasteiger partial charge is 0.335 e. The van der Waals surface area contributed by atoms with Gasteiger partial charge in [0.2, 0.25) is 5.82 Å². The molecule has 0 aliphatic carbocycles. The van der Waals surface area contributed by atoms with Crippen LogP contribution in [-0.2, 0) is 0 Å². The molecule has 0 amide bonds. The van der Waals surface area contributed by atoms with Gasteiger partial charge in [-0.05, 0) is 43.2 Å². The number of hydrogen-bond acceptors (Lipinski definition) is 3.